The minimum Gasteiger partial charge on any atom is -0.493 e. The second-order valence-corrected chi connectivity index (χ2v) is 8.15. The number of benzene rings is 2. The maximum absolute atomic E-state index is 5.88. The fourth-order valence-electron chi connectivity index (χ4n) is 3.86. The first kappa shape index (κ1) is 20.6. The molecule has 0 aliphatic carbocycles. The first-order chi connectivity index (χ1) is 14.6. The summed E-state index contributed by atoms with van der Waals surface area (Å²) >= 11 is 5.88. The molecule has 0 amide bonds. The molecule has 158 valence electrons. The molecule has 1 aromatic heterocycles. The molecule has 2 aromatic carbocycles. The van der Waals surface area contributed by atoms with Crippen molar-refractivity contribution in [1.82, 2.24) is 19.2 Å². The highest BCUT2D eigenvalue weighted by Crippen LogP contribution is 2.33. The summed E-state index contributed by atoms with van der Waals surface area (Å²) in [6.07, 6.45) is 2.44. The zero-order chi connectivity index (χ0) is 21.1. The van der Waals surface area contributed by atoms with Crippen molar-refractivity contribution in [1.29, 1.82) is 0 Å². The Balaban J connectivity index is 1.78. The largest absolute Gasteiger partial charge is 0.493 e. The van der Waals surface area contributed by atoms with E-state index in [1.807, 2.05) is 45.6 Å². The average Bonchev–Trinajstić information content (AvgIpc) is 3.11. The van der Waals surface area contributed by atoms with Crippen molar-refractivity contribution in [2.45, 2.75) is 26.4 Å². The van der Waals surface area contributed by atoms with E-state index in [1.165, 1.54) is 12.8 Å². The van der Waals surface area contributed by atoms with Gasteiger partial charge in [0.1, 0.15) is 0 Å². The molecular weight excluding hydrogens is 396 g/mol. The van der Waals surface area contributed by atoms with Crippen molar-refractivity contribution >= 4 is 12.2 Å². The van der Waals surface area contributed by atoms with Crippen molar-refractivity contribution in [3.05, 3.63) is 53.3 Å². The highest BCUT2D eigenvalue weighted by molar-refractivity contribution is 7.71. The second kappa shape index (κ2) is 9.02. The summed E-state index contributed by atoms with van der Waals surface area (Å²) < 4.78 is 15.6. The van der Waals surface area contributed by atoms with Gasteiger partial charge in [-0.05, 0) is 61.3 Å². The number of para-hydroxylation sites is 1. The maximum Gasteiger partial charge on any atom is 0.204 e. The molecule has 0 N–H and O–H groups in total. The fourth-order valence-corrected chi connectivity index (χ4v) is 4.16. The number of methoxy groups -OCH3 is 2. The Labute approximate surface area is 182 Å². The van der Waals surface area contributed by atoms with Crippen LogP contribution in [0.3, 0.4) is 0 Å². The predicted octanol–water partition coefficient (Wildman–Crippen LogP) is 4.78. The summed E-state index contributed by atoms with van der Waals surface area (Å²) in [7, 11) is 3.28. The molecule has 30 heavy (non-hydrogen) atoms. The number of hydrogen-bond acceptors (Lipinski definition) is 5. The fraction of sp³-hybridized carbons (Fsp3) is 0.391. The van der Waals surface area contributed by atoms with Crippen LogP contribution in [0.1, 0.15) is 19.8 Å². The van der Waals surface area contributed by atoms with Gasteiger partial charge in [-0.3, -0.25) is 9.47 Å². The summed E-state index contributed by atoms with van der Waals surface area (Å²) in [6, 6.07) is 16.0. The van der Waals surface area contributed by atoms with Crippen LogP contribution in [0.15, 0.2) is 48.5 Å². The summed E-state index contributed by atoms with van der Waals surface area (Å²) in [5.74, 6) is 2.93. The summed E-state index contributed by atoms with van der Waals surface area (Å²) in [5, 5.41) is 4.94. The lowest BCUT2D eigenvalue weighted by Crippen LogP contribution is -2.34. The van der Waals surface area contributed by atoms with E-state index in [9.17, 15) is 0 Å². The van der Waals surface area contributed by atoms with Gasteiger partial charge in [0.2, 0.25) is 4.77 Å². The van der Waals surface area contributed by atoms with Gasteiger partial charge >= 0.3 is 0 Å². The summed E-state index contributed by atoms with van der Waals surface area (Å²) in [4.78, 5) is 2.43. The first-order valence-electron chi connectivity index (χ1n) is 10.3. The van der Waals surface area contributed by atoms with Gasteiger partial charge in [0.25, 0.3) is 0 Å². The van der Waals surface area contributed by atoms with Gasteiger partial charge in [0, 0.05) is 24.3 Å². The van der Waals surface area contributed by atoms with Gasteiger partial charge in [-0.25, -0.2) is 4.68 Å². The van der Waals surface area contributed by atoms with E-state index >= 15 is 0 Å². The monoisotopic (exact) mass is 424 g/mol. The van der Waals surface area contributed by atoms with Crippen LogP contribution in [-0.2, 0) is 6.67 Å². The molecule has 4 rings (SSSR count). The molecule has 1 aliphatic heterocycles. The molecule has 0 radical (unpaired) electrons. The standard InChI is InChI=1S/C23H28N4O2S/c1-17-11-13-25(14-12-17)16-26-23(30)27(19-7-5-4-6-8-19)22(24-26)18-9-10-20(28-2)21(15-18)29-3/h4-10,15,17H,11-14,16H2,1-3H3. The third-order valence-corrected chi connectivity index (χ3v) is 6.10. The number of rotatable bonds is 6. The van der Waals surface area contributed by atoms with Crippen LogP contribution in [0.5, 0.6) is 11.5 Å². The topological polar surface area (TPSA) is 44.5 Å². The zero-order valence-corrected chi connectivity index (χ0v) is 18.6. The second-order valence-electron chi connectivity index (χ2n) is 7.79. The van der Waals surface area contributed by atoms with E-state index in [1.54, 1.807) is 14.2 Å². The minimum atomic E-state index is 0.667. The van der Waals surface area contributed by atoms with E-state index < -0.39 is 0 Å². The van der Waals surface area contributed by atoms with Crippen molar-refractivity contribution in [2.24, 2.45) is 5.92 Å². The van der Waals surface area contributed by atoms with E-state index in [2.05, 4.69) is 24.0 Å². The van der Waals surface area contributed by atoms with Crippen LogP contribution in [0, 0.1) is 10.7 Å². The molecule has 0 atom stereocenters. The summed E-state index contributed by atoms with van der Waals surface area (Å²) in [5.41, 5.74) is 1.92. The predicted molar refractivity (Wildman–Crippen MR) is 121 cm³/mol. The van der Waals surface area contributed by atoms with Gasteiger partial charge in [0.15, 0.2) is 17.3 Å². The lowest BCUT2D eigenvalue weighted by atomic mass is 10.00. The van der Waals surface area contributed by atoms with E-state index in [4.69, 9.17) is 26.8 Å². The number of likely N-dealkylation sites (tertiary alicyclic amines) is 1. The summed E-state index contributed by atoms with van der Waals surface area (Å²) in [6.45, 7) is 5.17. The molecule has 0 spiro atoms. The Morgan fingerprint density at radius 3 is 2.37 bits per heavy atom. The highest BCUT2D eigenvalue weighted by atomic mass is 32.1. The normalized spacial score (nSPS) is 15.3. The first-order valence-corrected chi connectivity index (χ1v) is 10.7. The lowest BCUT2D eigenvalue weighted by Gasteiger charge is -2.29. The van der Waals surface area contributed by atoms with Crippen molar-refractivity contribution in [2.75, 3.05) is 27.3 Å². The molecule has 0 saturated carbocycles. The molecule has 0 unspecified atom stereocenters. The number of piperidine rings is 1. The molecule has 7 heteroatoms. The molecule has 2 heterocycles. The molecule has 0 bridgehead atoms. The quantitative estimate of drug-likeness (QED) is 0.533. The van der Waals surface area contributed by atoms with Crippen molar-refractivity contribution in [3.8, 4) is 28.6 Å². The van der Waals surface area contributed by atoms with Gasteiger partial charge in [0.05, 0.1) is 20.9 Å². The van der Waals surface area contributed by atoms with E-state index in [0.717, 1.165) is 36.1 Å². The average molecular weight is 425 g/mol. The number of ether oxygens (including phenoxy) is 2. The van der Waals surface area contributed by atoms with Crippen LogP contribution in [-0.4, -0.2) is 46.6 Å². The smallest absolute Gasteiger partial charge is 0.204 e. The number of nitrogens with zero attached hydrogens (tertiary/aromatic N) is 4. The van der Waals surface area contributed by atoms with E-state index in [-0.39, 0.29) is 0 Å². The Morgan fingerprint density at radius 1 is 1.00 bits per heavy atom. The molecule has 1 aliphatic rings. The van der Waals surface area contributed by atoms with Gasteiger partial charge in [-0.2, -0.15) is 0 Å². The maximum atomic E-state index is 5.88. The van der Waals surface area contributed by atoms with Crippen LogP contribution in [0.25, 0.3) is 17.1 Å². The van der Waals surface area contributed by atoms with Crippen LogP contribution in [0.4, 0.5) is 0 Å². The SMILES string of the molecule is COc1ccc(-c2nn(CN3CCC(C)CC3)c(=S)n2-c2ccccc2)cc1OC. The molecule has 1 fully saturated rings. The molecule has 6 nitrogen and oxygen atoms in total. The number of hydrogen-bond donors (Lipinski definition) is 0. The van der Waals surface area contributed by atoms with Gasteiger partial charge < -0.3 is 9.47 Å². The van der Waals surface area contributed by atoms with Crippen molar-refractivity contribution in [3.63, 3.8) is 0 Å². The Morgan fingerprint density at radius 2 is 1.70 bits per heavy atom. The van der Waals surface area contributed by atoms with E-state index in [0.29, 0.717) is 22.9 Å². The third kappa shape index (κ3) is 4.13. The highest BCUT2D eigenvalue weighted by Gasteiger charge is 2.20. The van der Waals surface area contributed by atoms with Crippen LogP contribution >= 0.6 is 12.2 Å². The minimum absolute atomic E-state index is 0.667. The molecular formula is C23H28N4O2S. The Bertz CT molecular complexity index is 1050. The Kier molecular flexibility index (Phi) is 6.20. The third-order valence-electron chi connectivity index (χ3n) is 5.71. The Hall–Kier alpha value is -2.64. The molecule has 3 aromatic rings. The molecule has 1 saturated heterocycles. The van der Waals surface area contributed by atoms with Gasteiger partial charge in [-0.15, -0.1) is 5.10 Å². The number of aromatic nitrogens is 3. The van der Waals surface area contributed by atoms with Crippen molar-refractivity contribution < 1.29 is 9.47 Å². The zero-order valence-electron chi connectivity index (χ0n) is 17.7. The lowest BCUT2D eigenvalue weighted by molar-refractivity contribution is 0.146. The van der Waals surface area contributed by atoms with Gasteiger partial charge in [-0.1, -0.05) is 25.1 Å². The van der Waals surface area contributed by atoms with Crippen LogP contribution in [0.2, 0.25) is 0 Å². The van der Waals surface area contributed by atoms with Crippen LogP contribution < -0.4 is 9.47 Å².